The predicted molar refractivity (Wildman–Crippen MR) is 75.8 cm³/mol. The van der Waals surface area contributed by atoms with E-state index in [1.165, 1.54) is 6.33 Å². The predicted octanol–water partition coefficient (Wildman–Crippen LogP) is 3.95. The Labute approximate surface area is 118 Å². The number of hydrogen-bond acceptors (Lipinski definition) is 4. The fraction of sp³-hybridized carbons (Fsp3) is 0.167. The van der Waals surface area contributed by atoms with E-state index >= 15 is 0 Å². The number of ether oxygens (including phenoxy) is 1. The highest BCUT2D eigenvalue weighted by Gasteiger charge is 2.08. The van der Waals surface area contributed by atoms with Crippen molar-refractivity contribution in [2.45, 2.75) is 6.92 Å². The smallest absolute Gasteiger partial charge is 0.143 e. The largest absolute Gasteiger partial charge is 0.495 e. The van der Waals surface area contributed by atoms with E-state index in [1.807, 2.05) is 13.0 Å². The van der Waals surface area contributed by atoms with Crippen LogP contribution in [0.1, 0.15) is 5.56 Å². The maximum atomic E-state index is 6.05. The summed E-state index contributed by atoms with van der Waals surface area (Å²) < 4.78 is 5.99. The number of nitrogens with one attached hydrogen (secondary N) is 1. The van der Waals surface area contributed by atoms with Gasteiger partial charge in [-0.05, 0) is 34.5 Å². The molecule has 0 amide bonds. The summed E-state index contributed by atoms with van der Waals surface area (Å²) in [4.78, 5) is 8.09. The molecule has 94 valence electrons. The Hall–Kier alpha value is -1.33. The number of halogens is 2. The molecule has 2 aromatic rings. The van der Waals surface area contributed by atoms with Gasteiger partial charge in [0.15, 0.2) is 0 Å². The third kappa shape index (κ3) is 2.91. The number of benzene rings is 1. The molecule has 0 atom stereocenters. The van der Waals surface area contributed by atoms with E-state index in [0.29, 0.717) is 21.2 Å². The van der Waals surface area contributed by atoms with Crippen molar-refractivity contribution in [3.8, 4) is 5.75 Å². The molecule has 0 spiro atoms. The van der Waals surface area contributed by atoms with Gasteiger partial charge in [-0.15, -0.1) is 0 Å². The van der Waals surface area contributed by atoms with Crippen molar-refractivity contribution in [3.63, 3.8) is 0 Å². The maximum Gasteiger partial charge on any atom is 0.143 e. The standard InChI is InChI=1S/C12H11BrClN3O/c1-7-3-9(10(18-2)4-8(7)14)17-12-5-11(13)15-6-16-12/h3-6H,1-2H3,(H,15,16,17). The number of anilines is 2. The minimum atomic E-state index is 0.667. The minimum Gasteiger partial charge on any atom is -0.495 e. The summed E-state index contributed by atoms with van der Waals surface area (Å²) in [6.07, 6.45) is 1.47. The monoisotopic (exact) mass is 327 g/mol. The molecule has 1 aromatic carbocycles. The molecule has 0 fully saturated rings. The second-order valence-corrected chi connectivity index (χ2v) is 4.87. The van der Waals surface area contributed by atoms with E-state index in [1.54, 1.807) is 19.2 Å². The van der Waals surface area contributed by atoms with Crippen LogP contribution in [0.25, 0.3) is 0 Å². The average Bonchev–Trinajstić information content (AvgIpc) is 2.33. The van der Waals surface area contributed by atoms with Crippen LogP contribution >= 0.6 is 27.5 Å². The van der Waals surface area contributed by atoms with Crippen molar-refractivity contribution >= 4 is 39.0 Å². The summed E-state index contributed by atoms with van der Waals surface area (Å²) in [5.74, 6) is 1.34. The second kappa shape index (κ2) is 5.54. The molecule has 0 unspecified atom stereocenters. The van der Waals surface area contributed by atoms with E-state index < -0.39 is 0 Å². The van der Waals surface area contributed by atoms with Crippen molar-refractivity contribution in [2.75, 3.05) is 12.4 Å². The van der Waals surface area contributed by atoms with Crippen molar-refractivity contribution in [1.82, 2.24) is 9.97 Å². The van der Waals surface area contributed by atoms with Crippen molar-refractivity contribution < 1.29 is 4.74 Å². The maximum absolute atomic E-state index is 6.05. The Morgan fingerprint density at radius 1 is 1.28 bits per heavy atom. The molecule has 0 saturated carbocycles. The Balaban J connectivity index is 2.36. The van der Waals surface area contributed by atoms with Gasteiger partial charge in [0.05, 0.1) is 12.8 Å². The highest BCUT2D eigenvalue weighted by atomic mass is 79.9. The van der Waals surface area contributed by atoms with Crippen molar-refractivity contribution in [1.29, 1.82) is 0 Å². The highest BCUT2D eigenvalue weighted by Crippen LogP contribution is 2.32. The lowest BCUT2D eigenvalue weighted by molar-refractivity contribution is 0.416. The Kier molecular flexibility index (Phi) is 4.04. The molecule has 1 N–H and O–H groups in total. The van der Waals surface area contributed by atoms with Crippen LogP contribution in [0.15, 0.2) is 29.1 Å². The molecular formula is C12H11BrClN3O. The first-order chi connectivity index (χ1) is 8.60. The molecule has 0 saturated heterocycles. The zero-order valence-electron chi connectivity index (χ0n) is 9.87. The van der Waals surface area contributed by atoms with Crippen molar-refractivity contribution in [3.05, 3.63) is 39.7 Å². The second-order valence-electron chi connectivity index (χ2n) is 3.65. The van der Waals surface area contributed by atoms with Crippen LogP contribution in [0.2, 0.25) is 5.02 Å². The number of hydrogen-bond donors (Lipinski definition) is 1. The molecule has 0 aliphatic heterocycles. The van der Waals surface area contributed by atoms with Gasteiger partial charge in [0.2, 0.25) is 0 Å². The molecule has 1 aromatic heterocycles. The first-order valence-electron chi connectivity index (χ1n) is 5.19. The third-order valence-corrected chi connectivity index (χ3v) is 3.22. The van der Waals surface area contributed by atoms with Crippen LogP contribution < -0.4 is 10.1 Å². The van der Waals surface area contributed by atoms with Gasteiger partial charge in [-0.3, -0.25) is 0 Å². The molecule has 0 aliphatic rings. The van der Waals surface area contributed by atoms with E-state index in [2.05, 4.69) is 31.2 Å². The Bertz CT molecular complexity index is 577. The first kappa shape index (κ1) is 13.1. The fourth-order valence-electron chi connectivity index (χ4n) is 1.47. The summed E-state index contributed by atoms with van der Waals surface area (Å²) in [5, 5.41) is 3.84. The van der Waals surface area contributed by atoms with Crippen LogP contribution in [0.3, 0.4) is 0 Å². The van der Waals surface area contributed by atoms with Gasteiger partial charge in [-0.1, -0.05) is 11.6 Å². The Morgan fingerprint density at radius 2 is 2.06 bits per heavy atom. The summed E-state index contributed by atoms with van der Waals surface area (Å²) in [5.41, 5.74) is 1.78. The lowest BCUT2D eigenvalue weighted by atomic mass is 10.2. The first-order valence-corrected chi connectivity index (χ1v) is 6.36. The lowest BCUT2D eigenvalue weighted by Crippen LogP contribution is -1.98. The van der Waals surface area contributed by atoms with Gasteiger partial charge in [-0.2, -0.15) is 0 Å². The van der Waals surface area contributed by atoms with Gasteiger partial charge < -0.3 is 10.1 Å². The van der Waals surface area contributed by atoms with Gasteiger partial charge >= 0.3 is 0 Å². The van der Waals surface area contributed by atoms with E-state index in [9.17, 15) is 0 Å². The SMILES string of the molecule is COc1cc(Cl)c(C)cc1Nc1cc(Br)ncn1. The summed E-state index contributed by atoms with van der Waals surface area (Å²) in [7, 11) is 1.60. The number of nitrogens with zero attached hydrogens (tertiary/aromatic N) is 2. The minimum absolute atomic E-state index is 0.667. The van der Waals surface area contributed by atoms with Crippen LogP contribution in [-0.4, -0.2) is 17.1 Å². The quantitative estimate of drug-likeness (QED) is 0.867. The molecule has 1 heterocycles. The van der Waals surface area contributed by atoms with E-state index in [-0.39, 0.29) is 0 Å². The summed E-state index contributed by atoms with van der Waals surface area (Å²) in [6.45, 7) is 1.93. The van der Waals surface area contributed by atoms with E-state index in [0.717, 1.165) is 11.3 Å². The molecule has 0 aliphatic carbocycles. The third-order valence-electron chi connectivity index (χ3n) is 2.38. The van der Waals surface area contributed by atoms with Crippen LogP contribution in [0, 0.1) is 6.92 Å². The Morgan fingerprint density at radius 3 is 2.72 bits per heavy atom. The molecule has 6 heteroatoms. The number of methoxy groups -OCH3 is 1. The molecule has 2 rings (SSSR count). The molecular weight excluding hydrogens is 318 g/mol. The molecule has 0 radical (unpaired) electrons. The van der Waals surface area contributed by atoms with Crippen molar-refractivity contribution in [2.24, 2.45) is 0 Å². The lowest BCUT2D eigenvalue weighted by Gasteiger charge is -2.12. The van der Waals surface area contributed by atoms with Crippen LogP contribution in [-0.2, 0) is 0 Å². The number of rotatable bonds is 3. The van der Waals surface area contributed by atoms with E-state index in [4.69, 9.17) is 16.3 Å². The summed E-state index contributed by atoms with van der Waals surface area (Å²) >= 11 is 9.35. The number of aromatic nitrogens is 2. The van der Waals surface area contributed by atoms with Gasteiger partial charge in [-0.25, -0.2) is 9.97 Å². The topological polar surface area (TPSA) is 47.0 Å². The normalized spacial score (nSPS) is 10.2. The fourth-order valence-corrected chi connectivity index (χ4v) is 1.93. The zero-order chi connectivity index (χ0) is 13.1. The molecule has 18 heavy (non-hydrogen) atoms. The zero-order valence-corrected chi connectivity index (χ0v) is 12.2. The van der Waals surface area contributed by atoms with Gasteiger partial charge in [0, 0.05) is 17.2 Å². The van der Waals surface area contributed by atoms with Gasteiger partial charge in [0.1, 0.15) is 22.5 Å². The highest BCUT2D eigenvalue weighted by molar-refractivity contribution is 9.10. The summed E-state index contributed by atoms with van der Waals surface area (Å²) in [6, 6.07) is 5.47. The van der Waals surface area contributed by atoms with Crippen LogP contribution in [0.4, 0.5) is 11.5 Å². The molecule has 4 nitrogen and oxygen atoms in total. The number of aryl methyl sites for hydroxylation is 1. The van der Waals surface area contributed by atoms with Crippen LogP contribution in [0.5, 0.6) is 5.75 Å². The molecule has 0 bridgehead atoms. The van der Waals surface area contributed by atoms with Gasteiger partial charge in [0.25, 0.3) is 0 Å². The average molecular weight is 329 g/mol.